The van der Waals surface area contributed by atoms with Gasteiger partial charge in [0.05, 0.1) is 10.0 Å². The predicted octanol–water partition coefficient (Wildman–Crippen LogP) is 3.17. The van der Waals surface area contributed by atoms with Crippen molar-refractivity contribution in [3.05, 3.63) is 43.9 Å². The van der Waals surface area contributed by atoms with Crippen LogP contribution in [0.15, 0.2) is 18.2 Å². The molecule has 0 bridgehead atoms. The maximum atomic E-state index is 11.5. The minimum Gasteiger partial charge on any atom is -0.285 e. The number of carbonyl (C=O) groups is 1. The summed E-state index contributed by atoms with van der Waals surface area (Å²) in [4.78, 5) is 19.6. The normalized spacial score (nSPS) is 12.2. The summed E-state index contributed by atoms with van der Waals surface area (Å²) in [5.41, 5.74) is 0.142. The molecule has 0 aliphatic carbocycles. The van der Waals surface area contributed by atoms with Gasteiger partial charge in [-0.3, -0.25) is 14.9 Å². The van der Waals surface area contributed by atoms with Gasteiger partial charge in [0.2, 0.25) is 5.78 Å². The van der Waals surface area contributed by atoms with E-state index in [-0.39, 0.29) is 10.6 Å². The van der Waals surface area contributed by atoms with E-state index in [0.717, 1.165) is 0 Å². The first-order chi connectivity index (χ1) is 6.93. The molecule has 1 atom stereocenters. The summed E-state index contributed by atoms with van der Waals surface area (Å²) < 4.78 is 0. The number of carbonyl (C=O) groups excluding carboxylic acids is 1. The number of alkyl halides is 1. The largest absolute Gasteiger partial charge is 0.327 e. The Bertz CT molecular complexity index is 424. The van der Waals surface area contributed by atoms with Crippen LogP contribution < -0.4 is 0 Å². The van der Waals surface area contributed by atoms with Gasteiger partial charge in [-0.25, -0.2) is 0 Å². The molecule has 1 aromatic carbocycles. The molecule has 15 heavy (non-hydrogen) atoms. The summed E-state index contributed by atoms with van der Waals surface area (Å²) in [5, 5.41) is 10.8. The molecule has 0 aromatic heterocycles. The Morgan fingerprint density at radius 1 is 1.40 bits per heavy atom. The molecule has 0 fully saturated rings. The molecule has 0 aliphatic rings. The van der Waals surface area contributed by atoms with Crippen molar-refractivity contribution in [1.82, 2.24) is 0 Å². The van der Waals surface area contributed by atoms with Gasteiger partial charge < -0.3 is 0 Å². The second kappa shape index (κ2) is 4.92. The number of hydrogen-bond donors (Lipinski definition) is 0. The minimum absolute atomic E-state index is 0.142. The number of rotatable bonds is 3. The van der Waals surface area contributed by atoms with Crippen LogP contribution in [-0.2, 0) is 0 Å². The van der Waals surface area contributed by atoms with Crippen LogP contribution >= 0.6 is 39.1 Å². The van der Waals surface area contributed by atoms with Crippen molar-refractivity contribution in [2.24, 2.45) is 0 Å². The molecule has 0 N–H and O–H groups in total. The smallest absolute Gasteiger partial charge is 0.285 e. The first kappa shape index (κ1) is 12.4. The molecule has 1 unspecified atom stereocenters. The van der Waals surface area contributed by atoms with Crippen molar-refractivity contribution in [2.45, 2.75) is 4.95 Å². The molecule has 1 rings (SSSR count). The fraction of sp³-hybridized carbons (Fsp3) is 0.125. The standard InChI is InChI=1S/C8H4BrCl2NO3/c9-8(12(14)15)7(13)4-1-2-5(10)6(11)3-4/h1-3,8H. The maximum absolute atomic E-state index is 11.5. The molecule has 7 heteroatoms. The van der Waals surface area contributed by atoms with E-state index >= 15 is 0 Å². The lowest BCUT2D eigenvalue weighted by atomic mass is 10.1. The number of nitrogens with zero attached hydrogens (tertiary/aromatic N) is 1. The van der Waals surface area contributed by atoms with Crippen LogP contribution in [0.5, 0.6) is 0 Å². The fourth-order valence-electron chi connectivity index (χ4n) is 0.883. The van der Waals surface area contributed by atoms with Crippen LogP contribution in [0.2, 0.25) is 10.0 Å². The molecule has 80 valence electrons. The molecule has 0 radical (unpaired) electrons. The van der Waals surface area contributed by atoms with Crippen molar-refractivity contribution in [1.29, 1.82) is 0 Å². The lowest BCUT2D eigenvalue weighted by Gasteiger charge is -2.02. The van der Waals surface area contributed by atoms with Gasteiger partial charge in [0.15, 0.2) is 0 Å². The predicted molar refractivity (Wildman–Crippen MR) is 60.5 cm³/mol. The Balaban J connectivity index is 3.02. The molecule has 1 aromatic rings. The summed E-state index contributed by atoms with van der Waals surface area (Å²) in [7, 11) is 0. The topological polar surface area (TPSA) is 60.2 Å². The summed E-state index contributed by atoms with van der Waals surface area (Å²) in [6, 6.07) is 4.09. The average Bonchev–Trinajstić information content (AvgIpc) is 2.19. The highest BCUT2D eigenvalue weighted by atomic mass is 79.9. The van der Waals surface area contributed by atoms with E-state index < -0.39 is 15.7 Å². The van der Waals surface area contributed by atoms with E-state index in [0.29, 0.717) is 5.02 Å². The Kier molecular flexibility index (Phi) is 4.07. The lowest BCUT2D eigenvalue weighted by molar-refractivity contribution is -0.477. The number of nitro groups is 1. The van der Waals surface area contributed by atoms with Gasteiger partial charge in [0.1, 0.15) is 0 Å². The Hall–Kier alpha value is -0.650. The van der Waals surface area contributed by atoms with Crippen molar-refractivity contribution >= 4 is 44.9 Å². The number of hydrogen-bond acceptors (Lipinski definition) is 3. The van der Waals surface area contributed by atoms with Gasteiger partial charge in [-0.1, -0.05) is 23.2 Å². The summed E-state index contributed by atoms with van der Waals surface area (Å²) in [5.74, 6) is -0.668. The first-order valence-corrected chi connectivity index (χ1v) is 5.37. The van der Waals surface area contributed by atoms with E-state index in [9.17, 15) is 14.9 Å². The zero-order valence-corrected chi connectivity index (χ0v) is 10.2. The molecule has 0 aliphatic heterocycles. The molecule has 0 saturated heterocycles. The van der Waals surface area contributed by atoms with E-state index in [2.05, 4.69) is 15.9 Å². The summed E-state index contributed by atoms with van der Waals surface area (Å²) in [6.45, 7) is 0. The van der Waals surface area contributed by atoms with Gasteiger partial charge >= 0.3 is 4.95 Å². The van der Waals surface area contributed by atoms with E-state index in [4.69, 9.17) is 23.2 Å². The number of Topliss-reactive ketones (excluding diaryl/α,β-unsaturated/α-hetero) is 1. The quantitative estimate of drug-likeness (QED) is 0.283. The third-order valence-electron chi connectivity index (χ3n) is 1.61. The zero-order valence-electron chi connectivity index (χ0n) is 7.12. The maximum Gasteiger partial charge on any atom is 0.327 e. The summed E-state index contributed by atoms with van der Waals surface area (Å²) >= 11 is 14.0. The van der Waals surface area contributed by atoms with E-state index in [1.165, 1.54) is 18.2 Å². The Morgan fingerprint density at radius 3 is 2.47 bits per heavy atom. The van der Waals surface area contributed by atoms with Crippen LogP contribution in [-0.4, -0.2) is 15.7 Å². The number of halogens is 3. The van der Waals surface area contributed by atoms with E-state index in [1.807, 2.05) is 0 Å². The SMILES string of the molecule is O=C(c1ccc(Cl)c(Cl)c1)C(Br)[N+](=O)[O-]. The first-order valence-electron chi connectivity index (χ1n) is 3.70. The van der Waals surface area contributed by atoms with Gasteiger partial charge in [-0.2, -0.15) is 0 Å². The highest BCUT2D eigenvalue weighted by Crippen LogP contribution is 2.24. The van der Waals surface area contributed by atoms with Gasteiger partial charge in [-0.05, 0) is 18.2 Å². The number of benzene rings is 1. The van der Waals surface area contributed by atoms with Gasteiger partial charge in [0.25, 0.3) is 0 Å². The van der Waals surface area contributed by atoms with Crippen LogP contribution in [0.1, 0.15) is 10.4 Å². The van der Waals surface area contributed by atoms with Gasteiger partial charge in [-0.15, -0.1) is 0 Å². The van der Waals surface area contributed by atoms with Crippen LogP contribution in [0.3, 0.4) is 0 Å². The highest BCUT2D eigenvalue weighted by molar-refractivity contribution is 9.09. The molecular weight excluding hydrogens is 309 g/mol. The van der Waals surface area contributed by atoms with Crippen molar-refractivity contribution < 1.29 is 9.72 Å². The molecule has 4 nitrogen and oxygen atoms in total. The van der Waals surface area contributed by atoms with Crippen molar-refractivity contribution in [3.8, 4) is 0 Å². The monoisotopic (exact) mass is 311 g/mol. The second-order valence-electron chi connectivity index (χ2n) is 2.61. The molecule has 0 heterocycles. The lowest BCUT2D eigenvalue weighted by Crippen LogP contribution is -2.22. The van der Waals surface area contributed by atoms with Crippen molar-refractivity contribution in [3.63, 3.8) is 0 Å². The molecule has 0 spiro atoms. The Labute approximate surface area is 103 Å². The number of ketones is 1. The molecule has 0 saturated carbocycles. The third kappa shape index (κ3) is 2.90. The average molecular weight is 313 g/mol. The Morgan fingerprint density at radius 2 is 2.00 bits per heavy atom. The van der Waals surface area contributed by atoms with E-state index in [1.54, 1.807) is 0 Å². The van der Waals surface area contributed by atoms with Crippen LogP contribution in [0, 0.1) is 10.1 Å². The highest BCUT2D eigenvalue weighted by Gasteiger charge is 2.27. The fourth-order valence-corrected chi connectivity index (χ4v) is 1.45. The molecule has 0 amide bonds. The summed E-state index contributed by atoms with van der Waals surface area (Å²) in [6.07, 6.45) is 0. The van der Waals surface area contributed by atoms with Crippen molar-refractivity contribution in [2.75, 3.05) is 0 Å². The second-order valence-corrected chi connectivity index (χ2v) is 4.30. The van der Waals surface area contributed by atoms with Crippen LogP contribution in [0.4, 0.5) is 0 Å². The minimum atomic E-state index is -1.46. The zero-order chi connectivity index (χ0) is 11.6. The van der Waals surface area contributed by atoms with Crippen LogP contribution in [0.25, 0.3) is 0 Å². The molecular formula is C8H4BrCl2NO3. The van der Waals surface area contributed by atoms with Gasteiger partial charge in [0, 0.05) is 26.4 Å². The third-order valence-corrected chi connectivity index (χ3v) is 3.09.